The first-order valence-electron chi connectivity index (χ1n) is 10.8. The molecule has 1 fully saturated rings. The minimum absolute atomic E-state index is 0.0226. The molecule has 170 valence electrons. The second-order valence-electron chi connectivity index (χ2n) is 8.78. The van der Waals surface area contributed by atoms with Crippen molar-refractivity contribution in [3.63, 3.8) is 0 Å². The molecule has 1 atom stereocenters. The van der Waals surface area contributed by atoms with E-state index in [0.29, 0.717) is 37.0 Å². The molecule has 0 aliphatic carbocycles. The number of piperidine rings is 1. The molecule has 0 amide bonds. The van der Waals surface area contributed by atoms with Crippen LogP contribution >= 0.6 is 0 Å². The molecule has 2 rings (SSSR count). The van der Waals surface area contributed by atoms with E-state index in [2.05, 4.69) is 36.4 Å². The number of benzene rings is 1. The average Bonchev–Trinajstić information content (AvgIpc) is 2.72. The molecule has 0 bridgehead atoms. The third-order valence-electron chi connectivity index (χ3n) is 5.35. The van der Waals surface area contributed by atoms with Gasteiger partial charge >= 0.3 is 0 Å². The van der Waals surface area contributed by atoms with Crippen molar-refractivity contribution in [3.8, 4) is 0 Å². The largest absolute Gasteiger partial charge is 0.379 e. The molecule has 1 aromatic carbocycles. The van der Waals surface area contributed by atoms with Crippen LogP contribution < -0.4 is 10.6 Å². The molecule has 1 aliphatic heterocycles. The number of sulfonamides is 1. The van der Waals surface area contributed by atoms with Gasteiger partial charge in [-0.05, 0) is 42.9 Å². The Kier molecular flexibility index (Phi) is 9.12. The molecule has 0 radical (unpaired) electrons. The summed E-state index contributed by atoms with van der Waals surface area (Å²) in [6.45, 7) is 11.6. The highest BCUT2D eigenvalue weighted by Crippen LogP contribution is 2.22. The molecular weight excluding hydrogens is 400 g/mol. The van der Waals surface area contributed by atoms with Crippen LogP contribution in [0.15, 0.2) is 34.2 Å². The number of rotatable bonds is 8. The summed E-state index contributed by atoms with van der Waals surface area (Å²) >= 11 is 0. The van der Waals surface area contributed by atoms with E-state index in [1.807, 2.05) is 19.1 Å². The summed E-state index contributed by atoms with van der Waals surface area (Å²) in [7, 11) is -1.67. The highest BCUT2D eigenvalue weighted by atomic mass is 32.2. The normalized spacial score (nSPS) is 17.6. The molecular formula is C22H38N4O3S. The van der Waals surface area contributed by atoms with Gasteiger partial charge in [0, 0.05) is 33.3 Å². The predicted molar refractivity (Wildman–Crippen MR) is 122 cm³/mol. The zero-order chi connectivity index (χ0) is 22.2. The fourth-order valence-corrected chi connectivity index (χ4v) is 4.98. The minimum atomic E-state index is -3.39. The number of nitrogens with one attached hydrogen (secondary N) is 2. The second kappa shape index (κ2) is 11.1. The number of methoxy groups -OCH3 is 1. The lowest BCUT2D eigenvalue weighted by Crippen LogP contribution is -2.45. The van der Waals surface area contributed by atoms with Crippen LogP contribution in [-0.2, 0) is 21.3 Å². The highest BCUT2D eigenvalue weighted by molar-refractivity contribution is 7.89. The van der Waals surface area contributed by atoms with Crippen LogP contribution in [0.1, 0.15) is 52.5 Å². The molecule has 0 saturated carbocycles. The summed E-state index contributed by atoms with van der Waals surface area (Å²) in [5, 5.41) is 6.58. The number of guanidine groups is 1. The van der Waals surface area contributed by atoms with E-state index < -0.39 is 10.0 Å². The van der Waals surface area contributed by atoms with Gasteiger partial charge in [0.15, 0.2) is 5.96 Å². The van der Waals surface area contributed by atoms with Gasteiger partial charge < -0.3 is 15.4 Å². The maximum atomic E-state index is 12.8. The van der Waals surface area contributed by atoms with Crippen molar-refractivity contribution in [3.05, 3.63) is 29.8 Å². The third kappa shape index (κ3) is 6.96. The standard InChI is InChI=1S/C22H38N4O3S/c1-6-23-21(25-17-20(29-5)22(2,3)4)24-16-18-10-12-19(13-11-18)30(27,28)26-14-8-7-9-15-26/h10-13,20H,6-9,14-17H2,1-5H3,(H2,23,24,25). The Morgan fingerprint density at radius 1 is 1.13 bits per heavy atom. The minimum Gasteiger partial charge on any atom is -0.379 e. The topological polar surface area (TPSA) is 83.0 Å². The number of ether oxygens (including phenoxy) is 1. The van der Waals surface area contributed by atoms with Gasteiger partial charge in [0.1, 0.15) is 0 Å². The Balaban J connectivity index is 2.02. The lowest BCUT2D eigenvalue weighted by molar-refractivity contribution is 0.0205. The van der Waals surface area contributed by atoms with Gasteiger partial charge in [-0.3, -0.25) is 0 Å². The van der Waals surface area contributed by atoms with E-state index in [-0.39, 0.29) is 11.5 Å². The van der Waals surface area contributed by atoms with Crippen LogP contribution in [0.25, 0.3) is 0 Å². The quantitative estimate of drug-likeness (QED) is 0.482. The Morgan fingerprint density at radius 3 is 2.30 bits per heavy atom. The molecule has 30 heavy (non-hydrogen) atoms. The van der Waals surface area contributed by atoms with Crippen molar-refractivity contribution in [2.24, 2.45) is 10.4 Å². The molecule has 1 heterocycles. The average molecular weight is 439 g/mol. The van der Waals surface area contributed by atoms with E-state index >= 15 is 0 Å². The smallest absolute Gasteiger partial charge is 0.243 e. The number of nitrogens with zero attached hydrogens (tertiary/aromatic N) is 2. The zero-order valence-electron chi connectivity index (χ0n) is 19.1. The fourth-order valence-electron chi connectivity index (χ4n) is 3.47. The van der Waals surface area contributed by atoms with Crippen molar-refractivity contribution in [1.82, 2.24) is 14.9 Å². The number of aliphatic imine (C=N–C) groups is 1. The van der Waals surface area contributed by atoms with Crippen LogP contribution in [0.3, 0.4) is 0 Å². The second-order valence-corrected chi connectivity index (χ2v) is 10.7. The Hall–Kier alpha value is -1.64. The maximum Gasteiger partial charge on any atom is 0.243 e. The van der Waals surface area contributed by atoms with Gasteiger partial charge in [0.2, 0.25) is 10.0 Å². The van der Waals surface area contributed by atoms with Crippen molar-refractivity contribution in [1.29, 1.82) is 0 Å². The highest BCUT2D eigenvalue weighted by Gasteiger charge is 2.26. The first-order valence-corrected chi connectivity index (χ1v) is 12.3. The van der Waals surface area contributed by atoms with Gasteiger partial charge in [-0.1, -0.05) is 39.3 Å². The first kappa shape index (κ1) is 24.6. The monoisotopic (exact) mass is 438 g/mol. The van der Waals surface area contributed by atoms with Crippen molar-refractivity contribution < 1.29 is 13.2 Å². The van der Waals surface area contributed by atoms with Crippen LogP contribution in [0.2, 0.25) is 0 Å². The van der Waals surface area contributed by atoms with Gasteiger partial charge in [0.25, 0.3) is 0 Å². The van der Waals surface area contributed by atoms with Gasteiger partial charge in [0.05, 0.1) is 17.5 Å². The molecule has 1 saturated heterocycles. The SMILES string of the molecule is CCNC(=NCc1ccc(S(=O)(=O)N2CCCCC2)cc1)NCC(OC)C(C)(C)C. The summed E-state index contributed by atoms with van der Waals surface area (Å²) < 4.78 is 32.7. The summed E-state index contributed by atoms with van der Waals surface area (Å²) in [6.07, 6.45) is 3.03. The Bertz CT molecular complexity index is 780. The fraction of sp³-hybridized carbons (Fsp3) is 0.682. The molecule has 2 N–H and O–H groups in total. The number of hydrogen-bond donors (Lipinski definition) is 2. The Morgan fingerprint density at radius 2 is 1.77 bits per heavy atom. The lowest BCUT2D eigenvalue weighted by Gasteiger charge is -2.30. The predicted octanol–water partition coefficient (Wildman–Crippen LogP) is 2.98. The summed E-state index contributed by atoms with van der Waals surface area (Å²) in [6, 6.07) is 7.07. The molecule has 0 aromatic heterocycles. The van der Waals surface area contributed by atoms with E-state index in [9.17, 15) is 8.42 Å². The lowest BCUT2D eigenvalue weighted by atomic mass is 9.89. The van der Waals surface area contributed by atoms with Crippen LogP contribution in [0, 0.1) is 5.41 Å². The third-order valence-corrected chi connectivity index (χ3v) is 7.26. The first-order chi connectivity index (χ1) is 14.2. The molecule has 8 heteroatoms. The van der Waals surface area contributed by atoms with E-state index in [1.165, 1.54) is 0 Å². The molecule has 1 unspecified atom stereocenters. The van der Waals surface area contributed by atoms with Gasteiger partial charge in [-0.25, -0.2) is 13.4 Å². The van der Waals surface area contributed by atoms with Crippen LogP contribution in [0.5, 0.6) is 0 Å². The van der Waals surface area contributed by atoms with E-state index in [4.69, 9.17) is 4.74 Å². The number of hydrogen-bond acceptors (Lipinski definition) is 4. The van der Waals surface area contributed by atoms with E-state index in [1.54, 1.807) is 23.5 Å². The summed E-state index contributed by atoms with van der Waals surface area (Å²) in [5.41, 5.74) is 0.985. The van der Waals surface area contributed by atoms with Crippen molar-refractivity contribution in [2.45, 2.75) is 64.5 Å². The molecule has 7 nitrogen and oxygen atoms in total. The molecule has 1 aromatic rings. The van der Waals surface area contributed by atoms with Crippen LogP contribution in [0.4, 0.5) is 0 Å². The van der Waals surface area contributed by atoms with Gasteiger partial charge in [-0.15, -0.1) is 0 Å². The van der Waals surface area contributed by atoms with E-state index in [0.717, 1.165) is 31.4 Å². The van der Waals surface area contributed by atoms with Crippen molar-refractivity contribution >= 4 is 16.0 Å². The Labute approximate surface area is 182 Å². The zero-order valence-corrected chi connectivity index (χ0v) is 19.9. The van der Waals surface area contributed by atoms with Gasteiger partial charge in [-0.2, -0.15) is 4.31 Å². The molecule has 1 aliphatic rings. The maximum absolute atomic E-state index is 12.8. The van der Waals surface area contributed by atoms with Crippen molar-refractivity contribution in [2.75, 3.05) is 33.3 Å². The summed E-state index contributed by atoms with van der Waals surface area (Å²) in [5.74, 6) is 0.716. The molecule has 0 spiro atoms. The van der Waals surface area contributed by atoms with Crippen LogP contribution in [-0.4, -0.2) is 58.1 Å². The summed E-state index contributed by atoms with van der Waals surface area (Å²) in [4.78, 5) is 4.99.